The van der Waals surface area contributed by atoms with Gasteiger partial charge in [-0.15, -0.1) is 0 Å². The van der Waals surface area contributed by atoms with Crippen molar-refractivity contribution < 1.29 is 19.1 Å². The fraction of sp³-hybridized carbons (Fsp3) is 0.286. The Hall–Kier alpha value is -4.20. The van der Waals surface area contributed by atoms with Gasteiger partial charge in [0.1, 0.15) is 17.1 Å². The van der Waals surface area contributed by atoms with Crippen LogP contribution in [0.5, 0.6) is 5.75 Å². The lowest BCUT2D eigenvalue weighted by atomic mass is 9.92. The maximum atomic E-state index is 12.1. The molecule has 0 atom stereocenters. The van der Waals surface area contributed by atoms with Gasteiger partial charge in [0.15, 0.2) is 5.43 Å². The zero-order valence-corrected chi connectivity index (χ0v) is 21.0. The summed E-state index contributed by atoms with van der Waals surface area (Å²) in [5.74, 6) is 0.322. The summed E-state index contributed by atoms with van der Waals surface area (Å²) in [7, 11) is 5.58. The largest absolute Gasteiger partial charge is 0.496 e. The minimum Gasteiger partial charge on any atom is -0.496 e. The van der Waals surface area contributed by atoms with Crippen molar-refractivity contribution in [1.29, 1.82) is 0 Å². The van der Waals surface area contributed by atoms with Crippen molar-refractivity contribution in [3.63, 3.8) is 0 Å². The van der Waals surface area contributed by atoms with Crippen LogP contribution in [0.15, 0.2) is 57.7 Å². The Kier molecular flexibility index (Phi) is 7.05. The predicted octanol–water partition coefficient (Wildman–Crippen LogP) is 4.91. The minimum absolute atomic E-state index is 0.110. The molecule has 0 radical (unpaired) electrons. The van der Waals surface area contributed by atoms with Gasteiger partial charge in [-0.1, -0.05) is 0 Å². The molecule has 0 bridgehead atoms. The molecule has 8 heteroatoms. The molecule has 0 amide bonds. The summed E-state index contributed by atoms with van der Waals surface area (Å²) in [6.07, 6.45) is 0.647. The first-order valence-corrected chi connectivity index (χ1v) is 11.9. The summed E-state index contributed by atoms with van der Waals surface area (Å²) < 4.78 is 12.0. The van der Waals surface area contributed by atoms with E-state index in [0.29, 0.717) is 42.3 Å². The molecule has 1 heterocycles. The molecule has 4 rings (SSSR count). The van der Waals surface area contributed by atoms with Crippen molar-refractivity contribution in [3.8, 4) is 28.2 Å². The third-order valence-electron chi connectivity index (χ3n) is 6.31. The van der Waals surface area contributed by atoms with Crippen molar-refractivity contribution >= 4 is 34.0 Å². The third-order valence-corrected chi connectivity index (χ3v) is 6.31. The van der Waals surface area contributed by atoms with Gasteiger partial charge in [-0.2, -0.15) is 0 Å². The number of hydrogen-bond acceptors (Lipinski definition) is 7. The number of carboxylic acid groups (broad SMARTS) is 1. The first-order chi connectivity index (χ1) is 17.2. The number of carbonyl (C=O) groups is 1. The lowest BCUT2D eigenvalue weighted by molar-refractivity contribution is -0.137. The molecule has 188 valence electrons. The number of anilines is 3. The van der Waals surface area contributed by atoms with Gasteiger partial charge in [-0.05, 0) is 43.7 Å². The molecular formula is C28H31N3O5. The molecule has 8 nitrogen and oxygen atoms in total. The molecule has 1 aliphatic heterocycles. The lowest BCUT2D eigenvalue weighted by Crippen LogP contribution is -2.27. The molecule has 0 unspecified atom stereocenters. The van der Waals surface area contributed by atoms with Crippen LogP contribution in [0.4, 0.5) is 17.1 Å². The fourth-order valence-corrected chi connectivity index (χ4v) is 4.58. The first-order valence-electron chi connectivity index (χ1n) is 11.9. The Morgan fingerprint density at radius 2 is 1.83 bits per heavy atom. The van der Waals surface area contributed by atoms with E-state index >= 15 is 0 Å². The number of methoxy groups -OCH3 is 1. The van der Waals surface area contributed by atoms with E-state index in [0.717, 1.165) is 33.5 Å². The average Bonchev–Trinajstić information content (AvgIpc) is 2.84. The Morgan fingerprint density at radius 3 is 2.50 bits per heavy atom. The monoisotopic (exact) mass is 489 g/mol. The number of benzene rings is 3. The molecule has 1 aliphatic carbocycles. The summed E-state index contributed by atoms with van der Waals surface area (Å²) in [6, 6.07) is 14.4. The lowest BCUT2D eigenvalue weighted by Gasteiger charge is -2.30. The number of carboxylic acids is 1. The van der Waals surface area contributed by atoms with Crippen LogP contribution in [0.1, 0.15) is 19.8 Å². The molecular weight excluding hydrogens is 458 g/mol. The number of nitrogens with two attached hydrogens (primary N) is 1. The summed E-state index contributed by atoms with van der Waals surface area (Å²) >= 11 is 0. The zero-order chi connectivity index (χ0) is 26.0. The van der Waals surface area contributed by atoms with Crippen LogP contribution >= 0.6 is 0 Å². The standard InChI is InChI=1S/C28H31N3O5/c1-5-31(12-6-7-27(33)34)23-16-24(35-4)21(15-22(23)30(2)3)28-19-10-8-17(29)13-25(19)36-26-14-18(32)9-11-20(26)28/h8-11,13-16H,5-7,12,29H2,1-4H3,(H,33,34). The molecule has 0 saturated carbocycles. The molecule has 0 saturated heterocycles. The minimum atomic E-state index is -0.804. The Labute approximate surface area is 209 Å². The van der Waals surface area contributed by atoms with E-state index in [-0.39, 0.29) is 11.8 Å². The second-order valence-electron chi connectivity index (χ2n) is 8.90. The zero-order valence-electron chi connectivity index (χ0n) is 21.0. The Balaban J connectivity index is 1.99. The van der Waals surface area contributed by atoms with Gasteiger partial charge >= 0.3 is 5.97 Å². The highest BCUT2D eigenvalue weighted by Gasteiger charge is 2.23. The summed E-state index contributed by atoms with van der Waals surface area (Å²) in [4.78, 5) is 27.4. The van der Waals surface area contributed by atoms with Gasteiger partial charge in [0, 0.05) is 79.6 Å². The molecule has 2 aliphatic rings. The quantitative estimate of drug-likeness (QED) is 0.252. The van der Waals surface area contributed by atoms with E-state index in [9.17, 15) is 9.59 Å². The highest BCUT2D eigenvalue weighted by atomic mass is 16.5. The van der Waals surface area contributed by atoms with Crippen LogP contribution in [0, 0.1) is 0 Å². The number of fused-ring (bicyclic) bond motifs is 2. The SMILES string of the molecule is CCN(CCCC(=O)O)c1cc(OC)c(-c2c3ccc(=O)cc-3oc3cc(N)ccc23)cc1N(C)C. The van der Waals surface area contributed by atoms with E-state index in [1.54, 1.807) is 19.2 Å². The van der Waals surface area contributed by atoms with Gasteiger partial charge < -0.3 is 29.8 Å². The maximum absolute atomic E-state index is 12.1. The smallest absolute Gasteiger partial charge is 0.303 e. The second kappa shape index (κ2) is 10.2. The van der Waals surface area contributed by atoms with E-state index in [4.69, 9.17) is 20.0 Å². The van der Waals surface area contributed by atoms with Gasteiger partial charge in [-0.25, -0.2) is 0 Å². The molecule has 0 spiro atoms. The normalized spacial score (nSPS) is 11.1. The fourth-order valence-electron chi connectivity index (χ4n) is 4.58. The van der Waals surface area contributed by atoms with Crippen LogP contribution in [0.2, 0.25) is 0 Å². The van der Waals surface area contributed by atoms with Crippen LogP contribution in [0.25, 0.3) is 33.4 Å². The first kappa shape index (κ1) is 24.9. The molecule has 3 N–H and O–H groups in total. The highest BCUT2D eigenvalue weighted by molar-refractivity contribution is 6.05. The molecule has 2 aromatic carbocycles. The van der Waals surface area contributed by atoms with E-state index in [2.05, 4.69) is 11.0 Å². The van der Waals surface area contributed by atoms with E-state index in [1.807, 2.05) is 44.1 Å². The van der Waals surface area contributed by atoms with Gasteiger partial charge in [0.05, 0.1) is 18.5 Å². The molecule has 0 aromatic heterocycles. The maximum Gasteiger partial charge on any atom is 0.303 e. The number of nitrogens with zero attached hydrogens (tertiary/aromatic N) is 2. The second-order valence-corrected chi connectivity index (χ2v) is 8.90. The number of aliphatic carboxylic acids is 1. The number of nitrogen functional groups attached to an aromatic ring is 1. The Morgan fingerprint density at radius 1 is 1.06 bits per heavy atom. The molecule has 0 fully saturated rings. The van der Waals surface area contributed by atoms with E-state index in [1.165, 1.54) is 12.1 Å². The highest BCUT2D eigenvalue weighted by Crippen LogP contribution is 2.47. The third kappa shape index (κ3) is 4.79. The molecule has 36 heavy (non-hydrogen) atoms. The van der Waals surface area contributed by atoms with Gasteiger partial charge in [0.25, 0.3) is 0 Å². The topological polar surface area (TPSA) is 109 Å². The molecule has 2 aromatic rings. The summed E-state index contributed by atoms with van der Waals surface area (Å²) in [6.45, 7) is 3.36. The van der Waals surface area contributed by atoms with Crippen molar-refractivity contribution in [1.82, 2.24) is 0 Å². The van der Waals surface area contributed by atoms with Gasteiger partial charge in [0.2, 0.25) is 0 Å². The van der Waals surface area contributed by atoms with Crippen LogP contribution in [-0.2, 0) is 4.79 Å². The number of rotatable bonds is 9. The van der Waals surface area contributed by atoms with Gasteiger partial charge in [-0.3, -0.25) is 9.59 Å². The van der Waals surface area contributed by atoms with Crippen molar-refractivity contribution in [3.05, 3.63) is 58.8 Å². The van der Waals surface area contributed by atoms with Crippen LogP contribution < -0.4 is 25.7 Å². The summed E-state index contributed by atoms with van der Waals surface area (Å²) in [5, 5.41) is 9.93. The van der Waals surface area contributed by atoms with Crippen molar-refractivity contribution in [2.45, 2.75) is 19.8 Å². The Bertz CT molecular complexity index is 1440. The van der Waals surface area contributed by atoms with Crippen molar-refractivity contribution in [2.75, 3.05) is 49.8 Å². The summed E-state index contributed by atoms with van der Waals surface area (Å²) in [5.41, 5.74) is 11.5. The van der Waals surface area contributed by atoms with Crippen LogP contribution in [0.3, 0.4) is 0 Å². The van der Waals surface area contributed by atoms with E-state index < -0.39 is 5.97 Å². The number of hydrogen-bond donors (Lipinski definition) is 2. The predicted molar refractivity (Wildman–Crippen MR) is 145 cm³/mol. The van der Waals surface area contributed by atoms with Crippen molar-refractivity contribution in [2.24, 2.45) is 0 Å². The average molecular weight is 490 g/mol. The van der Waals surface area contributed by atoms with Crippen LogP contribution in [-0.4, -0.2) is 45.4 Å². The number of ether oxygens (including phenoxy) is 1.